The summed E-state index contributed by atoms with van der Waals surface area (Å²) < 4.78 is 10.8. The molecule has 2 heterocycles. The highest BCUT2D eigenvalue weighted by molar-refractivity contribution is 5.03. The molecule has 2 N–H and O–H groups in total. The fourth-order valence-electron chi connectivity index (χ4n) is 1.96. The zero-order valence-electron chi connectivity index (χ0n) is 9.82. The van der Waals surface area contributed by atoms with Gasteiger partial charge in [-0.3, -0.25) is 0 Å². The average molecular weight is 224 g/mol. The topological polar surface area (TPSA) is 61.3 Å². The van der Waals surface area contributed by atoms with Crippen LogP contribution in [0.1, 0.15) is 37.3 Å². The molecule has 4 nitrogen and oxygen atoms in total. The molecule has 0 aromatic carbocycles. The van der Waals surface area contributed by atoms with Crippen LogP contribution >= 0.6 is 0 Å². The molecule has 1 saturated heterocycles. The molecule has 1 aliphatic heterocycles. The Hall–Kier alpha value is -0.870. The Morgan fingerprint density at radius 3 is 2.94 bits per heavy atom. The van der Waals surface area contributed by atoms with Crippen LogP contribution in [0.25, 0.3) is 0 Å². The fourth-order valence-corrected chi connectivity index (χ4v) is 1.96. The van der Waals surface area contributed by atoms with Crippen molar-refractivity contribution in [1.82, 2.24) is 4.98 Å². The Morgan fingerprint density at radius 2 is 2.25 bits per heavy atom. The minimum Gasteiger partial charge on any atom is -0.449 e. The van der Waals surface area contributed by atoms with E-state index in [1.807, 2.05) is 0 Å². The molecular weight excluding hydrogens is 204 g/mol. The third-order valence-corrected chi connectivity index (χ3v) is 3.23. The van der Waals surface area contributed by atoms with Gasteiger partial charge in [0.2, 0.25) is 0 Å². The number of hydrogen-bond donors (Lipinski definition) is 1. The Labute approximate surface area is 96.2 Å². The van der Waals surface area contributed by atoms with Gasteiger partial charge in [-0.1, -0.05) is 6.92 Å². The van der Waals surface area contributed by atoms with Crippen LogP contribution in [0.4, 0.5) is 0 Å². The molecule has 1 atom stereocenters. The summed E-state index contributed by atoms with van der Waals surface area (Å²) in [5.41, 5.74) is 6.58. The standard InChI is InChI=1S/C12H20N2O2/c1-9(7-13)11-8-16-12(14-11)6-10-2-4-15-5-3-10/h8-10H,2-7,13H2,1H3. The first-order valence-electron chi connectivity index (χ1n) is 6.01. The van der Waals surface area contributed by atoms with Gasteiger partial charge in [0, 0.05) is 32.1 Å². The van der Waals surface area contributed by atoms with E-state index in [0.29, 0.717) is 12.5 Å². The van der Waals surface area contributed by atoms with Gasteiger partial charge in [-0.05, 0) is 18.8 Å². The second-order valence-corrected chi connectivity index (χ2v) is 4.56. The number of ether oxygens (including phenoxy) is 1. The van der Waals surface area contributed by atoms with E-state index in [-0.39, 0.29) is 5.92 Å². The van der Waals surface area contributed by atoms with Crippen molar-refractivity contribution >= 4 is 0 Å². The maximum Gasteiger partial charge on any atom is 0.194 e. The summed E-state index contributed by atoms with van der Waals surface area (Å²) >= 11 is 0. The monoisotopic (exact) mass is 224 g/mol. The van der Waals surface area contributed by atoms with Crippen molar-refractivity contribution in [2.24, 2.45) is 11.7 Å². The number of rotatable bonds is 4. The Balaban J connectivity index is 1.91. The number of nitrogens with two attached hydrogens (primary N) is 1. The lowest BCUT2D eigenvalue weighted by atomic mass is 9.97. The van der Waals surface area contributed by atoms with Crippen molar-refractivity contribution < 1.29 is 9.15 Å². The lowest BCUT2D eigenvalue weighted by Gasteiger charge is -2.20. The molecule has 0 aliphatic carbocycles. The maximum atomic E-state index is 5.60. The van der Waals surface area contributed by atoms with Crippen LogP contribution in [0, 0.1) is 5.92 Å². The lowest BCUT2D eigenvalue weighted by Crippen LogP contribution is -2.17. The van der Waals surface area contributed by atoms with E-state index in [1.165, 1.54) is 0 Å². The van der Waals surface area contributed by atoms with Crippen LogP contribution in [0.3, 0.4) is 0 Å². The summed E-state index contributed by atoms with van der Waals surface area (Å²) in [6.45, 7) is 4.42. The SMILES string of the molecule is CC(CN)c1coc(CC2CCOCC2)n1. The minimum atomic E-state index is 0.284. The number of aromatic nitrogens is 1. The highest BCUT2D eigenvalue weighted by atomic mass is 16.5. The maximum absolute atomic E-state index is 5.60. The van der Waals surface area contributed by atoms with Crippen molar-refractivity contribution in [3.63, 3.8) is 0 Å². The van der Waals surface area contributed by atoms with E-state index >= 15 is 0 Å². The van der Waals surface area contributed by atoms with Gasteiger partial charge in [-0.25, -0.2) is 4.98 Å². The number of nitrogens with zero attached hydrogens (tertiary/aromatic N) is 1. The molecule has 1 unspecified atom stereocenters. The van der Waals surface area contributed by atoms with Gasteiger partial charge in [-0.2, -0.15) is 0 Å². The predicted molar refractivity (Wildman–Crippen MR) is 61.2 cm³/mol. The first-order chi connectivity index (χ1) is 7.79. The summed E-state index contributed by atoms with van der Waals surface area (Å²) in [5, 5.41) is 0. The van der Waals surface area contributed by atoms with Gasteiger partial charge in [0.1, 0.15) is 6.26 Å². The fraction of sp³-hybridized carbons (Fsp3) is 0.750. The highest BCUT2D eigenvalue weighted by Crippen LogP contribution is 2.21. The van der Waals surface area contributed by atoms with E-state index in [4.69, 9.17) is 14.9 Å². The zero-order valence-corrected chi connectivity index (χ0v) is 9.82. The first kappa shape index (κ1) is 11.6. The molecule has 0 saturated carbocycles. The molecule has 2 rings (SSSR count). The molecule has 1 aromatic rings. The summed E-state index contributed by atoms with van der Waals surface area (Å²) in [5.74, 6) is 1.79. The van der Waals surface area contributed by atoms with Crippen LogP contribution in [-0.2, 0) is 11.2 Å². The second kappa shape index (κ2) is 5.46. The highest BCUT2D eigenvalue weighted by Gasteiger charge is 2.18. The molecule has 90 valence electrons. The second-order valence-electron chi connectivity index (χ2n) is 4.56. The molecule has 16 heavy (non-hydrogen) atoms. The third kappa shape index (κ3) is 2.83. The van der Waals surface area contributed by atoms with Crippen LogP contribution in [0.15, 0.2) is 10.7 Å². The number of hydrogen-bond acceptors (Lipinski definition) is 4. The van der Waals surface area contributed by atoms with Crippen LogP contribution in [0.5, 0.6) is 0 Å². The van der Waals surface area contributed by atoms with E-state index in [9.17, 15) is 0 Å². The first-order valence-corrected chi connectivity index (χ1v) is 6.01. The quantitative estimate of drug-likeness (QED) is 0.845. The van der Waals surface area contributed by atoms with Gasteiger partial charge in [-0.15, -0.1) is 0 Å². The smallest absolute Gasteiger partial charge is 0.194 e. The molecule has 0 spiro atoms. The lowest BCUT2D eigenvalue weighted by molar-refractivity contribution is 0.0647. The Kier molecular flexibility index (Phi) is 3.96. The summed E-state index contributed by atoms with van der Waals surface area (Å²) in [7, 11) is 0. The van der Waals surface area contributed by atoms with Crippen molar-refractivity contribution in [3.05, 3.63) is 17.8 Å². The zero-order chi connectivity index (χ0) is 11.4. The Morgan fingerprint density at radius 1 is 1.50 bits per heavy atom. The molecule has 4 heteroatoms. The molecule has 1 fully saturated rings. The van der Waals surface area contributed by atoms with Gasteiger partial charge >= 0.3 is 0 Å². The van der Waals surface area contributed by atoms with Crippen molar-refractivity contribution in [2.75, 3.05) is 19.8 Å². The van der Waals surface area contributed by atoms with Crippen LogP contribution < -0.4 is 5.73 Å². The minimum absolute atomic E-state index is 0.284. The molecule has 0 bridgehead atoms. The van der Waals surface area contributed by atoms with Crippen molar-refractivity contribution in [2.45, 2.75) is 32.1 Å². The van der Waals surface area contributed by atoms with E-state index in [1.54, 1.807) is 6.26 Å². The van der Waals surface area contributed by atoms with E-state index in [0.717, 1.165) is 44.1 Å². The predicted octanol–water partition coefficient (Wildman–Crippen LogP) is 1.71. The summed E-state index contributed by atoms with van der Waals surface area (Å²) in [4.78, 5) is 4.49. The van der Waals surface area contributed by atoms with E-state index in [2.05, 4.69) is 11.9 Å². The van der Waals surface area contributed by atoms with Gasteiger partial charge in [0.05, 0.1) is 5.69 Å². The largest absolute Gasteiger partial charge is 0.449 e. The third-order valence-electron chi connectivity index (χ3n) is 3.23. The molecule has 0 radical (unpaired) electrons. The molecule has 1 aromatic heterocycles. The van der Waals surface area contributed by atoms with E-state index < -0.39 is 0 Å². The van der Waals surface area contributed by atoms with Gasteiger partial charge in [0.15, 0.2) is 5.89 Å². The molecular formula is C12H20N2O2. The summed E-state index contributed by atoms with van der Waals surface area (Å²) in [6.07, 6.45) is 4.90. The normalized spacial score (nSPS) is 19.9. The number of oxazole rings is 1. The van der Waals surface area contributed by atoms with Crippen molar-refractivity contribution in [1.29, 1.82) is 0 Å². The summed E-state index contributed by atoms with van der Waals surface area (Å²) in [6, 6.07) is 0. The van der Waals surface area contributed by atoms with Gasteiger partial charge < -0.3 is 14.9 Å². The Bertz CT molecular complexity index is 319. The van der Waals surface area contributed by atoms with Crippen LogP contribution in [0.2, 0.25) is 0 Å². The molecule has 1 aliphatic rings. The van der Waals surface area contributed by atoms with Crippen LogP contribution in [-0.4, -0.2) is 24.7 Å². The molecule has 0 amide bonds. The average Bonchev–Trinajstić information content (AvgIpc) is 2.78. The van der Waals surface area contributed by atoms with Gasteiger partial charge in [0.25, 0.3) is 0 Å². The van der Waals surface area contributed by atoms with Crippen molar-refractivity contribution in [3.8, 4) is 0 Å².